The molecule has 0 atom stereocenters. The van der Waals surface area contributed by atoms with Gasteiger partial charge in [-0.05, 0) is 34.1 Å². The van der Waals surface area contributed by atoms with Gasteiger partial charge in [-0.2, -0.15) is 0 Å². The highest BCUT2D eigenvalue weighted by molar-refractivity contribution is 6.53. The summed E-state index contributed by atoms with van der Waals surface area (Å²) < 4.78 is 24.9. The van der Waals surface area contributed by atoms with Crippen molar-refractivity contribution in [1.82, 2.24) is 0 Å². The molecule has 1 aliphatic heterocycles. The number of hydrogen-bond donors (Lipinski definition) is 0. The van der Waals surface area contributed by atoms with Crippen LogP contribution in [0.3, 0.4) is 0 Å². The first-order valence-corrected chi connectivity index (χ1v) is 6.01. The highest BCUT2D eigenvalue weighted by Gasteiger charge is 2.52. The standard InChI is InChI=1S/C12H22BFO2/c1-6-7-8-9-10(14)13-15-11(2,3)12(4,5)16-13/h9H,6-8H2,1-5H3. The van der Waals surface area contributed by atoms with Crippen molar-refractivity contribution < 1.29 is 13.7 Å². The third-order valence-electron chi connectivity index (χ3n) is 3.38. The van der Waals surface area contributed by atoms with Crippen molar-refractivity contribution in [2.75, 3.05) is 0 Å². The molecule has 1 heterocycles. The maximum atomic E-state index is 13.7. The Morgan fingerprint density at radius 1 is 1.19 bits per heavy atom. The lowest BCUT2D eigenvalue weighted by molar-refractivity contribution is 0.00578. The Morgan fingerprint density at radius 3 is 2.12 bits per heavy atom. The van der Waals surface area contributed by atoms with Gasteiger partial charge < -0.3 is 9.31 Å². The molecule has 1 saturated heterocycles. The van der Waals surface area contributed by atoms with Crippen LogP contribution in [0.15, 0.2) is 11.8 Å². The van der Waals surface area contributed by atoms with E-state index in [1.165, 1.54) is 0 Å². The average Bonchev–Trinajstić information content (AvgIpc) is 2.36. The van der Waals surface area contributed by atoms with Crippen molar-refractivity contribution >= 4 is 7.12 Å². The SMILES string of the molecule is CCCCC=C(F)B1OC(C)(C)C(C)(C)O1. The summed E-state index contributed by atoms with van der Waals surface area (Å²) in [6.07, 6.45) is 4.37. The lowest BCUT2D eigenvalue weighted by Crippen LogP contribution is -2.41. The third-order valence-corrected chi connectivity index (χ3v) is 3.38. The topological polar surface area (TPSA) is 18.5 Å². The number of allylic oxidation sites excluding steroid dienone is 1. The minimum Gasteiger partial charge on any atom is -0.398 e. The molecule has 0 saturated carbocycles. The maximum absolute atomic E-state index is 13.7. The Kier molecular flexibility index (Phi) is 4.19. The Labute approximate surface area is 98.3 Å². The second-order valence-electron chi connectivity index (χ2n) is 5.32. The zero-order valence-electron chi connectivity index (χ0n) is 11.0. The first-order valence-electron chi connectivity index (χ1n) is 6.01. The quantitative estimate of drug-likeness (QED) is 0.540. The van der Waals surface area contributed by atoms with E-state index in [9.17, 15) is 4.39 Å². The molecule has 2 nitrogen and oxygen atoms in total. The van der Waals surface area contributed by atoms with Gasteiger partial charge in [0.1, 0.15) is 5.73 Å². The van der Waals surface area contributed by atoms with Crippen LogP contribution in [0.2, 0.25) is 0 Å². The zero-order valence-corrected chi connectivity index (χ0v) is 11.0. The molecule has 92 valence electrons. The van der Waals surface area contributed by atoms with E-state index in [1.54, 1.807) is 6.08 Å². The summed E-state index contributed by atoms with van der Waals surface area (Å²) >= 11 is 0. The van der Waals surface area contributed by atoms with E-state index in [1.807, 2.05) is 27.7 Å². The van der Waals surface area contributed by atoms with Gasteiger partial charge in [0.15, 0.2) is 0 Å². The van der Waals surface area contributed by atoms with Crippen molar-refractivity contribution in [2.45, 2.75) is 65.1 Å². The molecular weight excluding hydrogens is 206 g/mol. The molecule has 0 aliphatic carbocycles. The maximum Gasteiger partial charge on any atom is 0.524 e. The fourth-order valence-electron chi connectivity index (χ4n) is 1.50. The van der Waals surface area contributed by atoms with Crippen LogP contribution in [0, 0.1) is 0 Å². The first-order chi connectivity index (χ1) is 7.30. The average molecular weight is 228 g/mol. The molecule has 0 amide bonds. The Balaban J connectivity index is 2.62. The number of rotatable bonds is 4. The number of halogens is 1. The predicted octanol–water partition coefficient (Wildman–Crippen LogP) is 3.66. The van der Waals surface area contributed by atoms with E-state index in [2.05, 4.69) is 6.92 Å². The normalized spacial score (nSPS) is 23.9. The van der Waals surface area contributed by atoms with Gasteiger partial charge in [0.25, 0.3) is 0 Å². The van der Waals surface area contributed by atoms with Crippen LogP contribution in [-0.4, -0.2) is 18.3 Å². The Morgan fingerprint density at radius 2 is 1.69 bits per heavy atom. The summed E-state index contributed by atoms with van der Waals surface area (Å²) in [4.78, 5) is 0. The van der Waals surface area contributed by atoms with E-state index < -0.39 is 18.3 Å². The van der Waals surface area contributed by atoms with E-state index >= 15 is 0 Å². The summed E-state index contributed by atoms with van der Waals surface area (Å²) in [7, 11) is -0.832. The van der Waals surface area contributed by atoms with Crippen LogP contribution in [0.1, 0.15) is 53.9 Å². The third kappa shape index (κ3) is 2.86. The second kappa shape index (κ2) is 4.88. The molecule has 1 rings (SSSR count). The van der Waals surface area contributed by atoms with E-state index in [0.717, 1.165) is 19.3 Å². The highest BCUT2D eigenvalue weighted by atomic mass is 19.1. The molecule has 0 spiro atoms. The van der Waals surface area contributed by atoms with Gasteiger partial charge in [0, 0.05) is 0 Å². The molecule has 0 bridgehead atoms. The van der Waals surface area contributed by atoms with Gasteiger partial charge in [0.05, 0.1) is 11.2 Å². The molecule has 0 aromatic rings. The van der Waals surface area contributed by atoms with Crippen LogP contribution < -0.4 is 0 Å². The number of unbranched alkanes of at least 4 members (excludes halogenated alkanes) is 2. The Hall–Kier alpha value is -0.345. The molecule has 0 aromatic heterocycles. The molecule has 16 heavy (non-hydrogen) atoms. The van der Waals surface area contributed by atoms with Crippen LogP contribution in [0.25, 0.3) is 0 Å². The van der Waals surface area contributed by atoms with Crippen LogP contribution in [0.4, 0.5) is 4.39 Å². The largest absolute Gasteiger partial charge is 0.524 e. The van der Waals surface area contributed by atoms with Crippen LogP contribution in [-0.2, 0) is 9.31 Å². The molecule has 0 radical (unpaired) electrons. The molecule has 0 aromatic carbocycles. The molecule has 0 N–H and O–H groups in total. The van der Waals surface area contributed by atoms with Crippen LogP contribution >= 0.6 is 0 Å². The summed E-state index contributed by atoms with van der Waals surface area (Å²) in [5, 5.41) is 0. The highest BCUT2D eigenvalue weighted by Crippen LogP contribution is 2.38. The van der Waals surface area contributed by atoms with Crippen molar-refractivity contribution in [1.29, 1.82) is 0 Å². The van der Waals surface area contributed by atoms with Crippen LogP contribution in [0.5, 0.6) is 0 Å². The number of hydrogen-bond acceptors (Lipinski definition) is 2. The van der Waals surface area contributed by atoms with Gasteiger partial charge >= 0.3 is 7.12 Å². The van der Waals surface area contributed by atoms with Crippen molar-refractivity contribution in [3.05, 3.63) is 11.8 Å². The minimum absolute atomic E-state index is 0.299. The summed E-state index contributed by atoms with van der Waals surface area (Å²) in [6.45, 7) is 9.78. The van der Waals surface area contributed by atoms with Gasteiger partial charge in [-0.15, -0.1) is 0 Å². The Bertz CT molecular complexity index is 258. The molecular formula is C12H22BFO2. The molecule has 1 fully saturated rings. The van der Waals surface area contributed by atoms with E-state index in [-0.39, 0.29) is 5.73 Å². The van der Waals surface area contributed by atoms with E-state index in [4.69, 9.17) is 9.31 Å². The fourth-order valence-corrected chi connectivity index (χ4v) is 1.50. The first kappa shape index (κ1) is 13.7. The molecule has 1 aliphatic rings. The van der Waals surface area contributed by atoms with Crippen molar-refractivity contribution in [2.24, 2.45) is 0 Å². The second-order valence-corrected chi connectivity index (χ2v) is 5.32. The summed E-state index contributed by atoms with van der Waals surface area (Å²) in [6, 6.07) is 0. The summed E-state index contributed by atoms with van der Waals surface area (Å²) in [5.74, 6) is 0. The zero-order chi connectivity index (χ0) is 12.4. The molecule has 4 heteroatoms. The van der Waals surface area contributed by atoms with E-state index in [0.29, 0.717) is 0 Å². The fraction of sp³-hybridized carbons (Fsp3) is 0.833. The monoisotopic (exact) mass is 228 g/mol. The van der Waals surface area contributed by atoms with Crippen molar-refractivity contribution in [3.8, 4) is 0 Å². The lowest BCUT2D eigenvalue weighted by Gasteiger charge is -2.32. The van der Waals surface area contributed by atoms with Gasteiger partial charge in [0.2, 0.25) is 0 Å². The van der Waals surface area contributed by atoms with Gasteiger partial charge in [-0.1, -0.05) is 25.8 Å². The minimum atomic E-state index is -0.832. The summed E-state index contributed by atoms with van der Waals surface area (Å²) in [5.41, 5.74) is -1.23. The lowest BCUT2D eigenvalue weighted by atomic mass is 9.87. The smallest absolute Gasteiger partial charge is 0.398 e. The predicted molar refractivity (Wildman–Crippen MR) is 64.8 cm³/mol. The molecule has 0 unspecified atom stereocenters. The van der Waals surface area contributed by atoms with Gasteiger partial charge in [-0.3, -0.25) is 0 Å². The van der Waals surface area contributed by atoms with Crippen molar-refractivity contribution in [3.63, 3.8) is 0 Å². The van der Waals surface area contributed by atoms with Gasteiger partial charge in [-0.25, -0.2) is 4.39 Å².